The van der Waals surface area contributed by atoms with Crippen molar-refractivity contribution in [1.29, 1.82) is 0 Å². The number of urea groups is 1. The summed E-state index contributed by atoms with van der Waals surface area (Å²) in [5.74, 6) is 0.493. The highest BCUT2D eigenvalue weighted by Gasteiger charge is 2.35. The minimum atomic E-state index is -0.758. The maximum absolute atomic E-state index is 12.6. The summed E-state index contributed by atoms with van der Waals surface area (Å²) < 4.78 is 16.3. The molecule has 0 aliphatic carbocycles. The number of carbonyl (C=O) groups is 2. The molecule has 3 heterocycles. The number of benzene rings is 1. The summed E-state index contributed by atoms with van der Waals surface area (Å²) in [5.41, 5.74) is 1.46. The molecule has 2 N–H and O–H groups in total. The van der Waals surface area contributed by atoms with Crippen LogP contribution in [0.3, 0.4) is 0 Å². The Morgan fingerprint density at radius 2 is 2.03 bits per heavy atom. The van der Waals surface area contributed by atoms with Crippen LogP contribution in [0.2, 0.25) is 0 Å². The summed E-state index contributed by atoms with van der Waals surface area (Å²) in [6, 6.07) is 11.5. The fraction of sp³-hybridized carbons (Fsp3) is 0.200. The SMILES string of the molecule is CCOC(=O)C1=C(CSc2nnc(-c3ccccc3)o2)NC(=O)NC1c1ccco1. The Kier molecular flexibility index (Phi) is 5.84. The summed E-state index contributed by atoms with van der Waals surface area (Å²) in [6.07, 6.45) is 1.48. The molecule has 0 saturated carbocycles. The lowest BCUT2D eigenvalue weighted by Crippen LogP contribution is -2.46. The van der Waals surface area contributed by atoms with E-state index in [1.807, 2.05) is 30.3 Å². The van der Waals surface area contributed by atoms with E-state index in [-0.39, 0.29) is 17.9 Å². The van der Waals surface area contributed by atoms with E-state index in [1.165, 1.54) is 18.0 Å². The van der Waals surface area contributed by atoms with E-state index in [2.05, 4.69) is 20.8 Å². The van der Waals surface area contributed by atoms with Gasteiger partial charge in [-0.3, -0.25) is 0 Å². The molecule has 1 aliphatic rings. The number of hydrogen-bond donors (Lipinski definition) is 2. The van der Waals surface area contributed by atoms with Crippen molar-refractivity contribution in [3.63, 3.8) is 0 Å². The topological polar surface area (TPSA) is 119 Å². The van der Waals surface area contributed by atoms with Crippen molar-refractivity contribution < 1.29 is 23.2 Å². The summed E-state index contributed by atoms with van der Waals surface area (Å²) in [4.78, 5) is 24.8. The first kappa shape index (κ1) is 19.8. The van der Waals surface area contributed by atoms with Gasteiger partial charge in [-0.05, 0) is 31.2 Å². The third-order valence-corrected chi connectivity index (χ3v) is 5.09. The summed E-state index contributed by atoms with van der Waals surface area (Å²) in [6.45, 7) is 1.92. The van der Waals surface area contributed by atoms with E-state index in [0.717, 1.165) is 5.56 Å². The van der Waals surface area contributed by atoms with Crippen LogP contribution in [0.4, 0.5) is 4.79 Å². The molecule has 0 radical (unpaired) electrons. The van der Waals surface area contributed by atoms with Crippen molar-refractivity contribution in [1.82, 2.24) is 20.8 Å². The third kappa shape index (κ3) is 4.23. The lowest BCUT2D eigenvalue weighted by Gasteiger charge is -2.27. The molecule has 154 valence electrons. The number of nitrogens with one attached hydrogen (secondary N) is 2. The molecule has 2 amide bonds. The molecule has 2 aromatic heterocycles. The summed E-state index contributed by atoms with van der Waals surface area (Å²) in [7, 11) is 0. The van der Waals surface area contributed by atoms with Gasteiger partial charge in [0.2, 0.25) is 5.89 Å². The second kappa shape index (κ2) is 8.87. The molecular formula is C20H18N4O5S. The van der Waals surface area contributed by atoms with Crippen molar-refractivity contribution in [2.75, 3.05) is 12.4 Å². The predicted octanol–water partition coefficient (Wildman–Crippen LogP) is 3.29. The zero-order valence-electron chi connectivity index (χ0n) is 16.0. The van der Waals surface area contributed by atoms with E-state index < -0.39 is 18.0 Å². The fourth-order valence-electron chi connectivity index (χ4n) is 2.95. The number of amides is 2. The van der Waals surface area contributed by atoms with Crippen LogP contribution in [-0.4, -0.2) is 34.6 Å². The van der Waals surface area contributed by atoms with Crippen LogP contribution in [0.1, 0.15) is 18.7 Å². The Hall–Kier alpha value is -3.53. The van der Waals surface area contributed by atoms with Gasteiger partial charge in [-0.15, -0.1) is 10.2 Å². The quantitative estimate of drug-likeness (QED) is 0.436. The van der Waals surface area contributed by atoms with Crippen LogP contribution in [0.25, 0.3) is 11.5 Å². The molecule has 9 nitrogen and oxygen atoms in total. The van der Waals surface area contributed by atoms with E-state index >= 15 is 0 Å². The number of furan rings is 1. The maximum Gasteiger partial charge on any atom is 0.338 e. The molecule has 0 saturated heterocycles. The van der Waals surface area contributed by atoms with Crippen molar-refractivity contribution in [2.45, 2.75) is 18.2 Å². The van der Waals surface area contributed by atoms with E-state index in [4.69, 9.17) is 13.6 Å². The van der Waals surface area contributed by atoms with Gasteiger partial charge >= 0.3 is 12.0 Å². The smallest absolute Gasteiger partial charge is 0.338 e. The van der Waals surface area contributed by atoms with Crippen LogP contribution in [0.5, 0.6) is 0 Å². The van der Waals surface area contributed by atoms with Crippen LogP contribution < -0.4 is 10.6 Å². The van der Waals surface area contributed by atoms with Crippen LogP contribution in [0.15, 0.2) is 74.1 Å². The Bertz CT molecular complexity index is 1060. The van der Waals surface area contributed by atoms with E-state index in [1.54, 1.807) is 19.1 Å². The highest BCUT2D eigenvalue weighted by Crippen LogP contribution is 2.31. The van der Waals surface area contributed by atoms with Crippen LogP contribution in [0, 0.1) is 0 Å². The van der Waals surface area contributed by atoms with E-state index in [0.29, 0.717) is 22.6 Å². The van der Waals surface area contributed by atoms with Gasteiger partial charge in [0, 0.05) is 17.0 Å². The number of ether oxygens (including phenoxy) is 1. The molecule has 1 unspecified atom stereocenters. The fourth-order valence-corrected chi connectivity index (χ4v) is 3.68. The van der Waals surface area contributed by atoms with Gasteiger partial charge in [-0.2, -0.15) is 0 Å². The van der Waals surface area contributed by atoms with Crippen molar-refractivity contribution in [2.24, 2.45) is 0 Å². The largest absolute Gasteiger partial charge is 0.467 e. The molecule has 0 bridgehead atoms. The molecule has 0 fully saturated rings. The van der Waals surface area contributed by atoms with Crippen LogP contribution in [-0.2, 0) is 9.53 Å². The van der Waals surface area contributed by atoms with Gasteiger partial charge in [-0.1, -0.05) is 30.0 Å². The van der Waals surface area contributed by atoms with Crippen molar-refractivity contribution in [3.05, 3.63) is 65.8 Å². The lowest BCUT2D eigenvalue weighted by molar-refractivity contribution is -0.139. The molecule has 3 aromatic rings. The molecule has 0 spiro atoms. The number of rotatable bonds is 7. The number of hydrogen-bond acceptors (Lipinski definition) is 8. The van der Waals surface area contributed by atoms with Gasteiger partial charge in [0.25, 0.3) is 5.22 Å². The monoisotopic (exact) mass is 426 g/mol. The summed E-state index contributed by atoms with van der Waals surface area (Å²) in [5, 5.41) is 13.8. The number of carbonyl (C=O) groups excluding carboxylic acids is 2. The van der Waals surface area contributed by atoms with Gasteiger partial charge in [0.15, 0.2) is 0 Å². The van der Waals surface area contributed by atoms with Gasteiger partial charge in [-0.25, -0.2) is 9.59 Å². The minimum absolute atomic E-state index is 0.200. The van der Waals surface area contributed by atoms with Crippen molar-refractivity contribution >= 4 is 23.8 Å². The number of esters is 1. The molecule has 10 heteroatoms. The zero-order chi connectivity index (χ0) is 20.9. The second-order valence-electron chi connectivity index (χ2n) is 6.19. The first-order valence-electron chi connectivity index (χ1n) is 9.18. The molecule has 4 rings (SSSR count). The highest BCUT2D eigenvalue weighted by molar-refractivity contribution is 7.99. The molecule has 30 heavy (non-hydrogen) atoms. The zero-order valence-corrected chi connectivity index (χ0v) is 16.8. The Morgan fingerprint density at radius 3 is 2.77 bits per heavy atom. The minimum Gasteiger partial charge on any atom is -0.467 e. The molecule has 1 aliphatic heterocycles. The lowest BCUT2D eigenvalue weighted by atomic mass is 10.0. The average Bonchev–Trinajstić information content (AvgIpc) is 3.45. The first-order chi connectivity index (χ1) is 14.7. The number of nitrogens with zero attached hydrogens (tertiary/aromatic N) is 2. The normalized spacial score (nSPS) is 16.2. The van der Waals surface area contributed by atoms with Crippen LogP contribution >= 0.6 is 11.8 Å². The maximum atomic E-state index is 12.6. The average molecular weight is 426 g/mol. The van der Waals surface area contributed by atoms with E-state index in [9.17, 15) is 9.59 Å². The molecular weight excluding hydrogens is 408 g/mol. The Balaban J connectivity index is 1.59. The standard InChI is InChI=1S/C20H18N4O5S/c1-2-27-18(25)15-13(21-19(26)22-16(15)14-9-6-10-28-14)11-30-20-24-23-17(29-20)12-7-4-3-5-8-12/h3-10,16H,2,11H2,1H3,(H2,21,22,26). The van der Waals surface area contributed by atoms with Gasteiger partial charge in [0.05, 0.1) is 18.4 Å². The second-order valence-corrected chi connectivity index (χ2v) is 7.11. The Labute approximate surface area is 175 Å². The Morgan fingerprint density at radius 1 is 1.20 bits per heavy atom. The summed E-state index contributed by atoms with van der Waals surface area (Å²) >= 11 is 1.20. The highest BCUT2D eigenvalue weighted by atomic mass is 32.2. The molecule has 1 aromatic carbocycles. The number of thioether (sulfide) groups is 1. The van der Waals surface area contributed by atoms with Gasteiger partial charge in [0.1, 0.15) is 11.8 Å². The first-order valence-corrected chi connectivity index (χ1v) is 10.2. The predicted molar refractivity (Wildman–Crippen MR) is 107 cm³/mol. The van der Waals surface area contributed by atoms with Gasteiger partial charge < -0.3 is 24.2 Å². The number of aromatic nitrogens is 2. The molecule has 1 atom stereocenters. The third-order valence-electron chi connectivity index (χ3n) is 4.24. The van der Waals surface area contributed by atoms with Crippen molar-refractivity contribution in [3.8, 4) is 11.5 Å².